The van der Waals surface area contributed by atoms with E-state index in [1.54, 1.807) is 7.11 Å². The Balaban J connectivity index is 2.29. The van der Waals surface area contributed by atoms with E-state index in [0.29, 0.717) is 16.2 Å². The molecule has 2 atom stereocenters. The predicted molar refractivity (Wildman–Crippen MR) is 74.3 cm³/mol. The van der Waals surface area contributed by atoms with Crippen LogP contribution >= 0.6 is 31.9 Å². The molecule has 1 saturated carbocycles. The SMILES string of the molecule is COc1ccc(Br)cc1C(Br)C1CC1(C)C. The van der Waals surface area contributed by atoms with Gasteiger partial charge in [-0.2, -0.15) is 0 Å². The lowest BCUT2D eigenvalue weighted by molar-refractivity contribution is 0.406. The first-order chi connectivity index (χ1) is 7.45. The fourth-order valence-electron chi connectivity index (χ4n) is 2.14. The molecule has 1 nitrogen and oxygen atoms in total. The summed E-state index contributed by atoms with van der Waals surface area (Å²) < 4.78 is 6.52. The van der Waals surface area contributed by atoms with Gasteiger partial charge >= 0.3 is 0 Å². The third-order valence-electron chi connectivity index (χ3n) is 3.43. The van der Waals surface area contributed by atoms with E-state index in [9.17, 15) is 0 Å². The molecule has 3 heteroatoms. The first kappa shape index (κ1) is 12.4. The van der Waals surface area contributed by atoms with Crippen LogP contribution in [0, 0.1) is 11.3 Å². The number of alkyl halides is 1. The maximum Gasteiger partial charge on any atom is 0.123 e. The van der Waals surface area contributed by atoms with Crippen molar-refractivity contribution in [3.8, 4) is 5.75 Å². The molecule has 0 saturated heterocycles. The number of benzene rings is 1. The summed E-state index contributed by atoms with van der Waals surface area (Å²) in [5.41, 5.74) is 1.70. The first-order valence-electron chi connectivity index (χ1n) is 5.43. The Bertz CT molecular complexity index is 401. The zero-order valence-electron chi connectivity index (χ0n) is 9.76. The van der Waals surface area contributed by atoms with Crippen LogP contribution in [0.25, 0.3) is 0 Å². The Morgan fingerprint density at radius 1 is 1.44 bits per heavy atom. The number of hydrogen-bond acceptors (Lipinski definition) is 1. The van der Waals surface area contributed by atoms with Crippen LogP contribution in [-0.4, -0.2) is 7.11 Å². The first-order valence-corrected chi connectivity index (χ1v) is 7.14. The van der Waals surface area contributed by atoms with Crippen molar-refractivity contribution in [3.63, 3.8) is 0 Å². The Kier molecular flexibility index (Phi) is 3.37. The quantitative estimate of drug-likeness (QED) is 0.703. The van der Waals surface area contributed by atoms with Gasteiger partial charge in [-0.1, -0.05) is 45.7 Å². The van der Waals surface area contributed by atoms with Crippen LogP contribution in [0.15, 0.2) is 22.7 Å². The summed E-state index contributed by atoms with van der Waals surface area (Å²) in [5, 5.41) is 0. The highest BCUT2D eigenvalue weighted by molar-refractivity contribution is 9.10. The van der Waals surface area contributed by atoms with Crippen molar-refractivity contribution in [2.75, 3.05) is 7.11 Å². The fourth-order valence-corrected chi connectivity index (χ4v) is 3.78. The zero-order chi connectivity index (χ0) is 11.9. The number of methoxy groups -OCH3 is 1. The maximum absolute atomic E-state index is 5.42. The number of hydrogen-bond donors (Lipinski definition) is 0. The van der Waals surface area contributed by atoms with Crippen LogP contribution in [0.4, 0.5) is 0 Å². The van der Waals surface area contributed by atoms with E-state index in [2.05, 4.69) is 51.8 Å². The molecule has 2 rings (SSSR count). The molecule has 88 valence electrons. The lowest BCUT2D eigenvalue weighted by atomic mass is 10.0. The van der Waals surface area contributed by atoms with E-state index in [-0.39, 0.29) is 0 Å². The highest BCUT2D eigenvalue weighted by Gasteiger charge is 2.50. The average molecular weight is 348 g/mol. The van der Waals surface area contributed by atoms with Crippen molar-refractivity contribution < 1.29 is 4.74 Å². The van der Waals surface area contributed by atoms with Gasteiger partial charge in [-0.25, -0.2) is 0 Å². The molecule has 0 spiro atoms. The van der Waals surface area contributed by atoms with Crippen molar-refractivity contribution in [1.82, 2.24) is 0 Å². The van der Waals surface area contributed by atoms with Gasteiger partial charge in [-0.3, -0.25) is 0 Å². The minimum absolute atomic E-state index is 0.384. The average Bonchev–Trinajstić information content (AvgIpc) is 2.86. The fraction of sp³-hybridized carbons (Fsp3) is 0.538. The normalized spacial score (nSPS) is 23.9. The second-order valence-corrected chi connectivity index (χ2v) is 6.99. The molecule has 1 aliphatic rings. The molecule has 1 aliphatic carbocycles. The van der Waals surface area contributed by atoms with Crippen molar-refractivity contribution in [1.29, 1.82) is 0 Å². The van der Waals surface area contributed by atoms with Crippen molar-refractivity contribution in [3.05, 3.63) is 28.2 Å². The minimum Gasteiger partial charge on any atom is -0.496 e. The third-order valence-corrected chi connectivity index (χ3v) is 5.06. The van der Waals surface area contributed by atoms with Gasteiger partial charge in [0.2, 0.25) is 0 Å². The number of ether oxygens (including phenoxy) is 1. The van der Waals surface area contributed by atoms with Crippen LogP contribution in [0.2, 0.25) is 0 Å². The van der Waals surface area contributed by atoms with Gasteiger partial charge in [0.25, 0.3) is 0 Å². The van der Waals surface area contributed by atoms with Gasteiger partial charge in [-0.05, 0) is 36.0 Å². The van der Waals surface area contributed by atoms with Gasteiger partial charge in [0, 0.05) is 14.9 Å². The lowest BCUT2D eigenvalue weighted by Crippen LogP contribution is -2.01. The third kappa shape index (κ3) is 2.30. The van der Waals surface area contributed by atoms with Crippen molar-refractivity contribution in [2.45, 2.75) is 25.1 Å². The Morgan fingerprint density at radius 2 is 2.06 bits per heavy atom. The molecular weight excluding hydrogens is 332 g/mol. The Morgan fingerprint density at radius 3 is 2.56 bits per heavy atom. The van der Waals surface area contributed by atoms with E-state index in [0.717, 1.165) is 10.2 Å². The van der Waals surface area contributed by atoms with Gasteiger partial charge in [0.05, 0.1) is 7.11 Å². The summed E-state index contributed by atoms with van der Waals surface area (Å²) in [5.74, 6) is 1.67. The monoisotopic (exact) mass is 346 g/mol. The molecule has 16 heavy (non-hydrogen) atoms. The van der Waals surface area contributed by atoms with Gasteiger partial charge in [0.1, 0.15) is 5.75 Å². The van der Waals surface area contributed by atoms with Crippen LogP contribution in [-0.2, 0) is 0 Å². The van der Waals surface area contributed by atoms with E-state index < -0.39 is 0 Å². The maximum atomic E-state index is 5.42. The molecule has 0 N–H and O–H groups in total. The van der Waals surface area contributed by atoms with E-state index in [1.807, 2.05) is 12.1 Å². The molecule has 0 aliphatic heterocycles. The molecule has 1 fully saturated rings. The molecule has 0 heterocycles. The second-order valence-electron chi connectivity index (χ2n) is 5.09. The van der Waals surface area contributed by atoms with Gasteiger partial charge < -0.3 is 4.74 Å². The van der Waals surface area contributed by atoms with Crippen molar-refractivity contribution in [2.24, 2.45) is 11.3 Å². The Hall–Kier alpha value is -0.0200. The summed E-state index contributed by atoms with van der Waals surface area (Å²) in [7, 11) is 1.73. The molecule has 0 bridgehead atoms. The molecular formula is C13H16Br2O. The molecule has 0 aromatic heterocycles. The topological polar surface area (TPSA) is 9.23 Å². The van der Waals surface area contributed by atoms with Crippen molar-refractivity contribution >= 4 is 31.9 Å². The van der Waals surface area contributed by atoms with Gasteiger partial charge in [-0.15, -0.1) is 0 Å². The Labute approximate surface area is 114 Å². The van der Waals surface area contributed by atoms with Crippen LogP contribution in [0.5, 0.6) is 5.75 Å². The summed E-state index contributed by atoms with van der Waals surface area (Å²) in [6, 6.07) is 6.18. The predicted octanol–water partition coefficient (Wildman–Crippen LogP) is 4.94. The van der Waals surface area contributed by atoms with Crippen LogP contribution in [0.1, 0.15) is 30.7 Å². The van der Waals surface area contributed by atoms with Gasteiger partial charge in [0.15, 0.2) is 0 Å². The molecule has 2 unspecified atom stereocenters. The van der Waals surface area contributed by atoms with E-state index in [1.165, 1.54) is 12.0 Å². The lowest BCUT2D eigenvalue weighted by Gasteiger charge is -2.16. The highest BCUT2D eigenvalue weighted by Crippen LogP contribution is 2.61. The zero-order valence-corrected chi connectivity index (χ0v) is 12.9. The molecule has 0 amide bonds. The number of halogens is 2. The summed E-state index contributed by atoms with van der Waals surface area (Å²) in [6.45, 7) is 4.63. The summed E-state index contributed by atoms with van der Waals surface area (Å²) >= 11 is 7.33. The minimum atomic E-state index is 0.384. The standard InChI is InChI=1S/C13H16Br2O/c1-13(2)7-10(13)12(15)9-6-8(14)4-5-11(9)16-3/h4-6,10,12H,7H2,1-3H3. The molecule has 0 radical (unpaired) electrons. The van der Waals surface area contributed by atoms with E-state index >= 15 is 0 Å². The van der Waals surface area contributed by atoms with Crippen LogP contribution < -0.4 is 4.74 Å². The number of rotatable bonds is 3. The van der Waals surface area contributed by atoms with Crippen LogP contribution in [0.3, 0.4) is 0 Å². The largest absolute Gasteiger partial charge is 0.496 e. The summed E-state index contributed by atoms with van der Waals surface area (Å²) in [6.07, 6.45) is 1.28. The van der Waals surface area contributed by atoms with E-state index in [4.69, 9.17) is 4.74 Å². The smallest absolute Gasteiger partial charge is 0.123 e. The molecule has 1 aromatic carbocycles. The molecule has 1 aromatic rings. The highest BCUT2D eigenvalue weighted by atomic mass is 79.9. The summed E-state index contributed by atoms with van der Waals surface area (Å²) in [4.78, 5) is 0.384. The second kappa shape index (κ2) is 4.34.